The van der Waals surface area contributed by atoms with Gasteiger partial charge in [-0.15, -0.1) is 0 Å². The Balaban J connectivity index is 1.71. The highest BCUT2D eigenvalue weighted by Crippen LogP contribution is 2.49. The average Bonchev–Trinajstić information content (AvgIpc) is 2.95. The largest absolute Gasteiger partial charge is 0.260 e. The molecule has 0 saturated carbocycles. The number of fused-ring (bicyclic) bond motifs is 4. The van der Waals surface area contributed by atoms with E-state index in [0.29, 0.717) is 5.92 Å². The Morgan fingerprint density at radius 3 is 2.48 bits per heavy atom. The van der Waals surface area contributed by atoms with Gasteiger partial charge >= 0.3 is 0 Å². The molecule has 0 radical (unpaired) electrons. The Morgan fingerprint density at radius 2 is 1.71 bits per heavy atom. The van der Waals surface area contributed by atoms with Gasteiger partial charge < -0.3 is 0 Å². The summed E-state index contributed by atoms with van der Waals surface area (Å²) in [5.74, 6) is 0.655. The van der Waals surface area contributed by atoms with Gasteiger partial charge in [0.15, 0.2) is 0 Å². The fourth-order valence-electron chi connectivity index (χ4n) is 5.27. The number of aryl methyl sites for hydroxylation is 2. The quantitative estimate of drug-likeness (QED) is 0.352. The van der Waals surface area contributed by atoms with Crippen LogP contribution in [0, 0.1) is 12.8 Å². The van der Waals surface area contributed by atoms with Crippen molar-refractivity contribution in [1.29, 1.82) is 0 Å². The van der Waals surface area contributed by atoms with Crippen molar-refractivity contribution in [3.05, 3.63) is 83.2 Å². The molecule has 0 fully saturated rings. The number of rotatable bonds is 3. The van der Waals surface area contributed by atoms with E-state index < -0.39 is 0 Å². The van der Waals surface area contributed by atoms with E-state index in [1.807, 2.05) is 6.20 Å². The Kier molecular flexibility index (Phi) is 4.51. The van der Waals surface area contributed by atoms with E-state index in [0.717, 1.165) is 6.42 Å². The molecule has 1 aliphatic rings. The zero-order chi connectivity index (χ0) is 21.9. The van der Waals surface area contributed by atoms with Crippen LogP contribution in [0.15, 0.2) is 60.8 Å². The highest BCUT2D eigenvalue weighted by atomic mass is 14.9. The van der Waals surface area contributed by atoms with Crippen molar-refractivity contribution in [2.24, 2.45) is 13.0 Å². The van der Waals surface area contributed by atoms with Crippen molar-refractivity contribution >= 4 is 10.9 Å². The summed E-state index contributed by atoms with van der Waals surface area (Å²) < 4.78 is 2.36. The number of aromatic nitrogens is 2. The number of benzene rings is 2. The molecule has 0 bridgehead atoms. The second kappa shape index (κ2) is 7.02. The first kappa shape index (κ1) is 19.9. The van der Waals surface area contributed by atoms with Crippen LogP contribution in [0.5, 0.6) is 0 Å². The molecule has 0 N–H and O–H groups in total. The van der Waals surface area contributed by atoms with Crippen LogP contribution in [-0.2, 0) is 18.9 Å². The molecule has 4 aromatic rings. The molecule has 2 aromatic heterocycles. The molecule has 2 heteroatoms. The van der Waals surface area contributed by atoms with E-state index in [4.69, 9.17) is 4.98 Å². The number of pyridine rings is 2. The first-order valence-electron chi connectivity index (χ1n) is 11.3. The molecule has 1 aliphatic carbocycles. The topological polar surface area (TPSA) is 16.8 Å². The molecule has 2 aromatic carbocycles. The fourth-order valence-corrected chi connectivity index (χ4v) is 5.27. The molecule has 31 heavy (non-hydrogen) atoms. The molecule has 0 atom stereocenters. The van der Waals surface area contributed by atoms with Crippen LogP contribution in [0.2, 0.25) is 0 Å². The lowest BCUT2D eigenvalue weighted by molar-refractivity contribution is -0.633. The minimum absolute atomic E-state index is 0.0630. The van der Waals surface area contributed by atoms with Crippen molar-refractivity contribution in [3.63, 3.8) is 0 Å². The van der Waals surface area contributed by atoms with Gasteiger partial charge in [0, 0.05) is 40.3 Å². The van der Waals surface area contributed by atoms with Crippen molar-refractivity contribution in [2.75, 3.05) is 0 Å². The molecule has 0 unspecified atom stereocenters. The van der Waals surface area contributed by atoms with E-state index >= 15 is 0 Å². The van der Waals surface area contributed by atoms with Crippen molar-refractivity contribution in [3.8, 4) is 22.4 Å². The lowest BCUT2D eigenvalue weighted by Crippen LogP contribution is -2.32. The molecule has 0 amide bonds. The van der Waals surface area contributed by atoms with Crippen LogP contribution < -0.4 is 4.57 Å². The van der Waals surface area contributed by atoms with Gasteiger partial charge in [0.2, 0.25) is 11.2 Å². The lowest BCUT2D eigenvalue weighted by atomic mass is 9.83. The SMILES string of the molecule is Cc1cc2c(cc1-c1ccc3ccc(CC(C)C)cc3[n+]1C)-c1cccnc1C2(C)C. The summed E-state index contributed by atoms with van der Waals surface area (Å²) in [7, 11) is 2.20. The zero-order valence-electron chi connectivity index (χ0n) is 19.5. The molecular weight excluding hydrogens is 376 g/mol. The highest BCUT2D eigenvalue weighted by Gasteiger charge is 2.37. The normalized spacial score (nSPS) is 14.2. The summed E-state index contributed by atoms with van der Waals surface area (Å²) in [6.45, 7) is 11.4. The molecule has 2 nitrogen and oxygen atoms in total. The third kappa shape index (κ3) is 3.08. The fraction of sp³-hybridized carbons (Fsp3) is 0.310. The first-order valence-corrected chi connectivity index (χ1v) is 11.3. The van der Waals surface area contributed by atoms with Crippen LogP contribution >= 0.6 is 0 Å². The summed E-state index contributed by atoms with van der Waals surface area (Å²) in [5.41, 5.74) is 11.6. The van der Waals surface area contributed by atoms with Crippen LogP contribution in [0.4, 0.5) is 0 Å². The van der Waals surface area contributed by atoms with E-state index in [1.165, 1.54) is 55.7 Å². The average molecular weight is 408 g/mol. The van der Waals surface area contributed by atoms with Gasteiger partial charge in [-0.05, 0) is 65.8 Å². The lowest BCUT2D eigenvalue weighted by Gasteiger charge is -2.21. The Morgan fingerprint density at radius 1 is 0.935 bits per heavy atom. The third-order valence-corrected chi connectivity index (χ3v) is 6.89. The smallest absolute Gasteiger partial charge is 0.213 e. The number of hydrogen-bond acceptors (Lipinski definition) is 1. The maximum Gasteiger partial charge on any atom is 0.213 e. The molecule has 0 saturated heterocycles. The molecule has 156 valence electrons. The monoisotopic (exact) mass is 407 g/mol. The first-order chi connectivity index (χ1) is 14.8. The van der Waals surface area contributed by atoms with Crippen LogP contribution in [-0.4, -0.2) is 4.98 Å². The van der Waals surface area contributed by atoms with E-state index in [1.54, 1.807) is 0 Å². The minimum Gasteiger partial charge on any atom is -0.260 e. The van der Waals surface area contributed by atoms with Gasteiger partial charge in [-0.1, -0.05) is 45.9 Å². The number of nitrogens with zero attached hydrogens (tertiary/aromatic N) is 2. The summed E-state index contributed by atoms with van der Waals surface area (Å²) in [6.07, 6.45) is 3.02. The second-order valence-electron chi connectivity index (χ2n) is 10.0. The summed E-state index contributed by atoms with van der Waals surface area (Å²) in [5, 5.41) is 1.29. The maximum atomic E-state index is 4.75. The number of hydrogen-bond donors (Lipinski definition) is 0. The second-order valence-corrected chi connectivity index (χ2v) is 10.0. The molecule has 5 rings (SSSR count). The van der Waals surface area contributed by atoms with Gasteiger partial charge in [-0.25, -0.2) is 0 Å². The van der Waals surface area contributed by atoms with Gasteiger partial charge in [0.1, 0.15) is 7.05 Å². The van der Waals surface area contributed by atoms with Gasteiger partial charge in [0.25, 0.3) is 0 Å². The van der Waals surface area contributed by atoms with Crippen molar-refractivity contribution in [2.45, 2.75) is 46.5 Å². The van der Waals surface area contributed by atoms with Gasteiger partial charge in [-0.3, -0.25) is 4.98 Å². The van der Waals surface area contributed by atoms with E-state index in [9.17, 15) is 0 Å². The zero-order valence-corrected chi connectivity index (χ0v) is 19.5. The van der Waals surface area contributed by atoms with Gasteiger partial charge in [-0.2, -0.15) is 4.57 Å². The summed E-state index contributed by atoms with van der Waals surface area (Å²) >= 11 is 0. The van der Waals surface area contributed by atoms with Crippen molar-refractivity contribution < 1.29 is 4.57 Å². The summed E-state index contributed by atoms with van der Waals surface area (Å²) in [6, 6.07) is 20.5. The minimum atomic E-state index is -0.0630. The van der Waals surface area contributed by atoms with Crippen molar-refractivity contribution in [1.82, 2.24) is 4.98 Å². The molecular formula is C29H31N2+. The Bertz CT molecular complexity index is 1330. The third-order valence-electron chi connectivity index (χ3n) is 6.89. The standard InChI is InChI=1S/C29H31N2/c1-18(2)14-20-9-10-21-11-12-26(31(6)27(21)16-20)23-17-24-22-8-7-13-30-28(22)29(4,5)25(24)15-19(23)3/h7-13,15-18H,14H2,1-6H3/q+1. The van der Waals surface area contributed by atoms with Crippen LogP contribution in [0.3, 0.4) is 0 Å². The summed E-state index contributed by atoms with van der Waals surface area (Å²) in [4.78, 5) is 4.75. The Hall–Kier alpha value is -3.00. The van der Waals surface area contributed by atoms with E-state index in [-0.39, 0.29) is 5.41 Å². The van der Waals surface area contributed by atoms with Gasteiger partial charge in [0.05, 0.1) is 5.69 Å². The Labute approximate surface area is 185 Å². The molecule has 0 spiro atoms. The maximum absolute atomic E-state index is 4.75. The predicted molar refractivity (Wildman–Crippen MR) is 129 cm³/mol. The molecule has 0 aliphatic heterocycles. The predicted octanol–water partition coefficient (Wildman–Crippen LogP) is 6.54. The highest BCUT2D eigenvalue weighted by molar-refractivity contribution is 5.85. The molecule has 2 heterocycles. The van der Waals surface area contributed by atoms with Crippen LogP contribution in [0.25, 0.3) is 33.3 Å². The van der Waals surface area contributed by atoms with E-state index in [2.05, 4.69) is 101 Å². The van der Waals surface area contributed by atoms with Crippen LogP contribution in [0.1, 0.15) is 50.1 Å².